The van der Waals surface area contributed by atoms with Gasteiger partial charge in [0.05, 0.1) is 5.25 Å². The van der Waals surface area contributed by atoms with Gasteiger partial charge in [0.1, 0.15) is 11.5 Å². The van der Waals surface area contributed by atoms with E-state index in [1.165, 1.54) is 6.92 Å². The van der Waals surface area contributed by atoms with Crippen molar-refractivity contribution in [1.29, 1.82) is 0 Å². The maximum Gasteiger partial charge on any atom is 0.267 e. The van der Waals surface area contributed by atoms with Gasteiger partial charge in [-0.3, -0.25) is 4.55 Å². The second-order valence-electron chi connectivity index (χ2n) is 5.28. The van der Waals surface area contributed by atoms with Crippen LogP contribution in [0.2, 0.25) is 0 Å². The number of rotatable bonds is 7. The van der Waals surface area contributed by atoms with Gasteiger partial charge in [-0.15, -0.1) is 0 Å². The fourth-order valence-electron chi connectivity index (χ4n) is 2.13. The molecule has 2 aromatic rings. The molecule has 0 bridgehead atoms. The summed E-state index contributed by atoms with van der Waals surface area (Å²) >= 11 is 0. The predicted octanol–water partition coefficient (Wildman–Crippen LogP) is 4.08. The van der Waals surface area contributed by atoms with Crippen LogP contribution in [0.3, 0.4) is 0 Å². The fraction of sp³-hybridized carbons (Fsp3) is 0.294. The van der Waals surface area contributed by atoms with Crippen molar-refractivity contribution >= 4 is 10.1 Å². The van der Waals surface area contributed by atoms with Gasteiger partial charge >= 0.3 is 0 Å². The molecule has 1 atom stereocenters. The summed E-state index contributed by atoms with van der Waals surface area (Å²) in [6, 6.07) is 17.3. The summed E-state index contributed by atoms with van der Waals surface area (Å²) < 4.78 is 36.6. The number of hydrogen-bond donors (Lipinski definition) is 1. The Morgan fingerprint density at radius 3 is 2.41 bits per heavy atom. The van der Waals surface area contributed by atoms with Crippen molar-refractivity contribution in [2.45, 2.75) is 31.4 Å². The minimum absolute atomic E-state index is 0.433. The molecule has 0 saturated carbocycles. The molecule has 0 heterocycles. The van der Waals surface area contributed by atoms with E-state index in [9.17, 15) is 8.42 Å². The first-order valence-electron chi connectivity index (χ1n) is 7.23. The minimum Gasteiger partial charge on any atom is -0.457 e. The predicted molar refractivity (Wildman–Crippen MR) is 86.9 cm³/mol. The summed E-state index contributed by atoms with van der Waals surface area (Å²) in [4.78, 5) is 0. The van der Waals surface area contributed by atoms with Crippen LogP contribution in [0.5, 0.6) is 11.5 Å². The van der Waals surface area contributed by atoms with Gasteiger partial charge < -0.3 is 4.74 Å². The summed E-state index contributed by atoms with van der Waals surface area (Å²) in [6.07, 6.45) is 1.87. The highest BCUT2D eigenvalue weighted by atomic mass is 32.2. The highest BCUT2D eigenvalue weighted by molar-refractivity contribution is 7.86. The Kier molecular flexibility index (Phi) is 5.57. The zero-order valence-electron chi connectivity index (χ0n) is 12.5. The minimum atomic E-state index is -3.93. The lowest BCUT2D eigenvalue weighted by atomic mass is 10.1. The molecule has 0 radical (unpaired) electrons. The van der Waals surface area contributed by atoms with Crippen LogP contribution in [0.25, 0.3) is 0 Å². The number of para-hydroxylation sites is 1. The van der Waals surface area contributed by atoms with E-state index >= 15 is 0 Å². The first kappa shape index (κ1) is 16.5. The summed E-state index contributed by atoms with van der Waals surface area (Å²) in [5, 5.41) is -0.726. The molecule has 1 N–H and O–H groups in total. The Bertz CT molecular complexity index is 696. The van der Waals surface area contributed by atoms with Gasteiger partial charge in [0.25, 0.3) is 10.1 Å². The zero-order chi connectivity index (χ0) is 16.0. The van der Waals surface area contributed by atoms with Crippen molar-refractivity contribution in [3.63, 3.8) is 0 Å². The van der Waals surface area contributed by atoms with Crippen molar-refractivity contribution in [3.8, 4) is 11.5 Å². The van der Waals surface area contributed by atoms with Crippen LogP contribution in [-0.2, 0) is 16.5 Å². The molecule has 1 unspecified atom stereocenters. The third kappa shape index (κ3) is 5.16. The summed E-state index contributed by atoms with van der Waals surface area (Å²) in [6.45, 7) is 1.52. The molecule has 2 aromatic carbocycles. The van der Waals surface area contributed by atoms with Crippen molar-refractivity contribution in [2.75, 3.05) is 0 Å². The van der Waals surface area contributed by atoms with Crippen molar-refractivity contribution in [1.82, 2.24) is 0 Å². The molecule has 0 aliphatic heterocycles. The standard InChI is InChI=1S/C17H20O4S/c1-14(22(18,19)20)7-5-8-15-9-6-12-17(13-15)21-16-10-3-2-4-11-16/h2-4,6,9-14H,5,7-8H2,1H3,(H,18,19,20). The molecule has 22 heavy (non-hydrogen) atoms. The van der Waals surface area contributed by atoms with E-state index in [0.717, 1.165) is 23.5 Å². The monoisotopic (exact) mass is 320 g/mol. The second kappa shape index (κ2) is 7.42. The van der Waals surface area contributed by atoms with Gasteiger partial charge in [-0.25, -0.2) is 0 Å². The lowest BCUT2D eigenvalue weighted by Crippen LogP contribution is -2.16. The van der Waals surface area contributed by atoms with E-state index in [2.05, 4.69) is 0 Å². The maximum absolute atomic E-state index is 11.0. The molecule has 0 aliphatic rings. The Balaban J connectivity index is 1.92. The van der Waals surface area contributed by atoms with Crippen LogP contribution in [0, 0.1) is 0 Å². The number of benzene rings is 2. The van der Waals surface area contributed by atoms with Crippen molar-refractivity contribution in [3.05, 3.63) is 60.2 Å². The topological polar surface area (TPSA) is 63.6 Å². The molecular weight excluding hydrogens is 300 g/mol. The van der Waals surface area contributed by atoms with Crippen LogP contribution < -0.4 is 4.74 Å². The molecule has 2 rings (SSSR count). The maximum atomic E-state index is 11.0. The summed E-state index contributed by atoms with van der Waals surface area (Å²) in [7, 11) is -3.93. The second-order valence-corrected chi connectivity index (χ2v) is 7.12. The van der Waals surface area contributed by atoms with Gasteiger partial charge in [0.2, 0.25) is 0 Å². The van der Waals surface area contributed by atoms with Crippen LogP contribution in [0.1, 0.15) is 25.3 Å². The Hall–Kier alpha value is -1.85. The third-order valence-corrected chi connectivity index (χ3v) is 4.71. The van der Waals surface area contributed by atoms with Gasteiger partial charge in [-0.2, -0.15) is 8.42 Å². The largest absolute Gasteiger partial charge is 0.457 e. The molecule has 0 aromatic heterocycles. The Labute approximate surface area is 131 Å². The highest BCUT2D eigenvalue weighted by Crippen LogP contribution is 2.22. The smallest absolute Gasteiger partial charge is 0.267 e. The number of aryl methyl sites for hydroxylation is 1. The Morgan fingerprint density at radius 1 is 1.05 bits per heavy atom. The van der Waals surface area contributed by atoms with Gasteiger partial charge in [-0.1, -0.05) is 30.3 Å². The Morgan fingerprint density at radius 2 is 1.73 bits per heavy atom. The molecule has 118 valence electrons. The first-order valence-corrected chi connectivity index (χ1v) is 8.73. The summed E-state index contributed by atoms with van der Waals surface area (Å²) in [5.74, 6) is 1.53. The van der Waals surface area contributed by atoms with Crippen LogP contribution in [0.4, 0.5) is 0 Å². The number of ether oxygens (including phenoxy) is 1. The molecule has 0 fully saturated rings. The SMILES string of the molecule is CC(CCCc1cccc(Oc2ccccc2)c1)S(=O)(=O)O. The van der Waals surface area contributed by atoms with Gasteiger partial charge in [0.15, 0.2) is 0 Å². The fourth-order valence-corrected chi connectivity index (χ4v) is 2.60. The lowest BCUT2D eigenvalue weighted by molar-refractivity contribution is 0.463. The summed E-state index contributed by atoms with van der Waals surface area (Å²) in [5.41, 5.74) is 1.08. The van der Waals surface area contributed by atoms with Crippen molar-refractivity contribution in [2.24, 2.45) is 0 Å². The van der Waals surface area contributed by atoms with E-state index < -0.39 is 15.4 Å². The van der Waals surface area contributed by atoms with Crippen LogP contribution in [0.15, 0.2) is 54.6 Å². The van der Waals surface area contributed by atoms with Gasteiger partial charge in [-0.05, 0) is 56.0 Å². The van der Waals surface area contributed by atoms with Crippen molar-refractivity contribution < 1.29 is 17.7 Å². The molecule has 0 saturated heterocycles. The highest BCUT2D eigenvalue weighted by Gasteiger charge is 2.16. The first-order chi connectivity index (χ1) is 10.4. The molecule has 0 amide bonds. The van der Waals surface area contributed by atoms with E-state index in [4.69, 9.17) is 9.29 Å². The molecule has 5 heteroatoms. The van der Waals surface area contributed by atoms with Crippen LogP contribution in [-0.4, -0.2) is 18.2 Å². The molecule has 0 spiro atoms. The average Bonchev–Trinajstić information content (AvgIpc) is 2.47. The van der Waals surface area contributed by atoms with Crippen LogP contribution >= 0.6 is 0 Å². The zero-order valence-corrected chi connectivity index (χ0v) is 13.3. The van der Waals surface area contributed by atoms with E-state index in [0.29, 0.717) is 12.8 Å². The molecule has 4 nitrogen and oxygen atoms in total. The van der Waals surface area contributed by atoms with E-state index in [1.807, 2.05) is 54.6 Å². The average molecular weight is 320 g/mol. The third-order valence-electron chi connectivity index (χ3n) is 3.46. The quantitative estimate of drug-likeness (QED) is 0.781. The number of hydrogen-bond acceptors (Lipinski definition) is 3. The van der Waals surface area contributed by atoms with E-state index in [-0.39, 0.29) is 0 Å². The normalized spacial score (nSPS) is 12.8. The van der Waals surface area contributed by atoms with E-state index in [1.54, 1.807) is 0 Å². The molecular formula is C17H20O4S. The lowest BCUT2D eigenvalue weighted by Gasteiger charge is -2.09. The molecule has 0 aliphatic carbocycles. The van der Waals surface area contributed by atoms with Gasteiger partial charge in [0, 0.05) is 0 Å².